The van der Waals surface area contributed by atoms with Crippen molar-refractivity contribution in [2.45, 2.75) is 19.9 Å². The van der Waals surface area contributed by atoms with Crippen LogP contribution in [0.3, 0.4) is 0 Å². The van der Waals surface area contributed by atoms with Crippen LogP contribution in [-0.4, -0.2) is 17.6 Å². The Hall–Kier alpha value is -1.65. The van der Waals surface area contributed by atoms with E-state index in [-0.39, 0.29) is 0 Å². The van der Waals surface area contributed by atoms with Crippen LogP contribution in [0.4, 0.5) is 0 Å². The Kier molecular flexibility index (Phi) is 4.71. The van der Waals surface area contributed by atoms with Gasteiger partial charge in [-0.25, -0.2) is 4.79 Å². The summed E-state index contributed by atoms with van der Waals surface area (Å²) in [6, 6.07) is 10.3. The number of benzene rings is 1. The van der Waals surface area contributed by atoms with Gasteiger partial charge < -0.3 is 10.4 Å². The first-order valence-corrected chi connectivity index (χ1v) is 7.10. The molecule has 0 fully saturated rings. The normalized spacial score (nSPS) is 10.6. The summed E-state index contributed by atoms with van der Waals surface area (Å²) in [5.74, 6) is -0.842. The van der Waals surface area contributed by atoms with Gasteiger partial charge in [-0.05, 0) is 42.5 Å². The molecule has 0 bridgehead atoms. The monoisotopic (exact) mass is 275 g/mol. The Morgan fingerprint density at radius 3 is 2.95 bits per heavy atom. The van der Waals surface area contributed by atoms with Gasteiger partial charge in [-0.2, -0.15) is 0 Å². The molecule has 4 heteroatoms. The van der Waals surface area contributed by atoms with Crippen LogP contribution in [0, 0.1) is 6.92 Å². The minimum absolute atomic E-state index is 0.433. The third kappa shape index (κ3) is 3.91. The molecule has 100 valence electrons. The number of carboxylic acids is 1. The number of thiophene rings is 1. The van der Waals surface area contributed by atoms with E-state index in [0.29, 0.717) is 11.4 Å². The maximum Gasteiger partial charge on any atom is 0.346 e. The van der Waals surface area contributed by atoms with Crippen LogP contribution < -0.4 is 5.32 Å². The Morgan fingerprint density at radius 2 is 2.21 bits per heavy atom. The summed E-state index contributed by atoms with van der Waals surface area (Å²) >= 11 is 1.27. The maximum atomic E-state index is 11.0. The standard InChI is InChI=1S/C15H17NO2S/c1-11-3-2-4-12(9-11)5-7-16-10-13-6-8-19-14(13)15(17)18/h2-4,6,8-9,16H,5,7,10H2,1H3,(H,17,18). The van der Waals surface area contributed by atoms with E-state index in [2.05, 4.69) is 36.5 Å². The second-order valence-corrected chi connectivity index (χ2v) is 5.41. The van der Waals surface area contributed by atoms with E-state index in [1.807, 2.05) is 11.4 Å². The molecule has 2 aromatic rings. The van der Waals surface area contributed by atoms with Crippen molar-refractivity contribution in [3.8, 4) is 0 Å². The van der Waals surface area contributed by atoms with Gasteiger partial charge in [0.1, 0.15) is 4.88 Å². The van der Waals surface area contributed by atoms with E-state index in [0.717, 1.165) is 18.5 Å². The SMILES string of the molecule is Cc1cccc(CCNCc2ccsc2C(=O)O)c1. The second kappa shape index (κ2) is 6.50. The maximum absolute atomic E-state index is 11.0. The highest BCUT2D eigenvalue weighted by molar-refractivity contribution is 7.12. The Labute approximate surface area is 116 Å². The quantitative estimate of drug-likeness (QED) is 0.796. The van der Waals surface area contributed by atoms with Crippen molar-refractivity contribution in [3.05, 3.63) is 57.3 Å². The molecular formula is C15H17NO2S. The molecule has 1 aromatic carbocycles. The van der Waals surface area contributed by atoms with Crippen molar-refractivity contribution in [2.24, 2.45) is 0 Å². The van der Waals surface area contributed by atoms with Gasteiger partial charge in [-0.3, -0.25) is 0 Å². The molecule has 3 nitrogen and oxygen atoms in total. The molecule has 1 heterocycles. The van der Waals surface area contributed by atoms with Crippen LogP contribution in [-0.2, 0) is 13.0 Å². The first-order chi connectivity index (χ1) is 9.16. The highest BCUT2D eigenvalue weighted by Gasteiger charge is 2.10. The van der Waals surface area contributed by atoms with Gasteiger partial charge in [-0.1, -0.05) is 29.8 Å². The summed E-state index contributed by atoms with van der Waals surface area (Å²) < 4.78 is 0. The fourth-order valence-electron chi connectivity index (χ4n) is 1.99. The first-order valence-electron chi connectivity index (χ1n) is 6.23. The lowest BCUT2D eigenvalue weighted by Gasteiger charge is -2.05. The molecule has 1 aromatic heterocycles. The number of hydrogen-bond acceptors (Lipinski definition) is 3. The average Bonchev–Trinajstić information content (AvgIpc) is 2.83. The first kappa shape index (κ1) is 13.8. The highest BCUT2D eigenvalue weighted by Crippen LogP contribution is 2.16. The number of nitrogens with one attached hydrogen (secondary N) is 1. The Balaban J connectivity index is 1.81. The molecule has 0 spiro atoms. The van der Waals surface area contributed by atoms with Crippen molar-refractivity contribution in [1.82, 2.24) is 5.32 Å². The zero-order valence-electron chi connectivity index (χ0n) is 10.8. The van der Waals surface area contributed by atoms with Gasteiger partial charge in [-0.15, -0.1) is 11.3 Å². The van der Waals surface area contributed by atoms with Crippen molar-refractivity contribution < 1.29 is 9.90 Å². The number of aromatic carboxylic acids is 1. The molecule has 0 saturated heterocycles. The smallest absolute Gasteiger partial charge is 0.346 e. The number of carboxylic acid groups (broad SMARTS) is 1. The van der Waals surface area contributed by atoms with Crippen LogP contribution in [0.2, 0.25) is 0 Å². The molecule has 0 aliphatic carbocycles. The largest absolute Gasteiger partial charge is 0.477 e. The molecule has 0 aliphatic heterocycles. The molecular weight excluding hydrogens is 258 g/mol. The Bertz CT molecular complexity index is 563. The van der Waals surface area contributed by atoms with Crippen molar-refractivity contribution >= 4 is 17.3 Å². The van der Waals surface area contributed by atoms with Crippen LogP contribution in [0.1, 0.15) is 26.4 Å². The zero-order valence-corrected chi connectivity index (χ0v) is 11.7. The third-order valence-corrected chi connectivity index (χ3v) is 3.87. The summed E-state index contributed by atoms with van der Waals surface area (Å²) in [5, 5.41) is 14.1. The van der Waals surface area contributed by atoms with Crippen LogP contribution in [0.15, 0.2) is 35.7 Å². The molecule has 0 saturated carbocycles. The summed E-state index contributed by atoms with van der Waals surface area (Å²) in [6.07, 6.45) is 0.953. The van der Waals surface area contributed by atoms with E-state index < -0.39 is 5.97 Å². The third-order valence-electron chi connectivity index (χ3n) is 2.93. The van der Waals surface area contributed by atoms with E-state index in [1.54, 1.807) is 0 Å². The number of rotatable bonds is 6. The minimum atomic E-state index is -0.842. The van der Waals surface area contributed by atoms with Gasteiger partial charge in [0.15, 0.2) is 0 Å². The molecule has 0 unspecified atom stereocenters. The average molecular weight is 275 g/mol. The predicted molar refractivity (Wildman–Crippen MR) is 77.9 cm³/mol. The van der Waals surface area contributed by atoms with E-state index >= 15 is 0 Å². The summed E-state index contributed by atoms with van der Waals surface area (Å²) in [7, 11) is 0. The zero-order chi connectivity index (χ0) is 13.7. The minimum Gasteiger partial charge on any atom is -0.477 e. The fourth-order valence-corrected chi connectivity index (χ4v) is 2.75. The Morgan fingerprint density at radius 1 is 1.37 bits per heavy atom. The molecule has 0 radical (unpaired) electrons. The molecule has 0 atom stereocenters. The van der Waals surface area contributed by atoms with Crippen molar-refractivity contribution in [1.29, 1.82) is 0 Å². The fraction of sp³-hybridized carbons (Fsp3) is 0.267. The van der Waals surface area contributed by atoms with E-state index in [4.69, 9.17) is 5.11 Å². The predicted octanol–water partition coefficient (Wildman–Crippen LogP) is 3.09. The van der Waals surface area contributed by atoms with Gasteiger partial charge >= 0.3 is 5.97 Å². The lowest BCUT2D eigenvalue weighted by atomic mass is 10.1. The molecule has 2 N–H and O–H groups in total. The highest BCUT2D eigenvalue weighted by atomic mass is 32.1. The van der Waals surface area contributed by atoms with Gasteiger partial charge in [0, 0.05) is 6.54 Å². The lowest BCUT2D eigenvalue weighted by Crippen LogP contribution is -2.17. The van der Waals surface area contributed by atoms with Crippen molar-refractivity contribution in [2.75, 3.05) is 6.54 Å². The number of aryl methyl sites for hydroxylation is 1. The van der Waals surface area contributed by atoms with Gasteiger partial charge in [0.2, 0.25) is 0 Å². The lowest BCUT2D eigenvalue weighted by molar-refractivity contribution is 0.0701. The van der Waals surface area contributed by atoms with Gasteiger partial charge in [0.05, 0.1) is 0 Å². The molecule has 0 amide bonds. The molecule has 2 rings (SSSR count). The van der Waals surface area contributed by atoms with E-state index in [1.165, 1.54) is 22.5 Å². The van der Waals surface area contributed by atoms with Crippen LogP contribution >= 0.6 is 11.3 Å². The molecule has 0 aliphatic rings. The van der Waals surface area contributed by atoms with Crippen LogP contribution in [0.25, 0.3) is 0 Å². The van der Waals surface area contributed by atoms with Crippen molar-refractivity contribution in [3.63, 3.8) is 0 Å². The second-order valence-electron chi connectivity index (χ2n) is 4.50. The summed E-state index contributed by atoms with van der Waals surface area (Å²) in [6.45, 7) is 3.54. The van der Waals surface area contributed by atoms with Gasteiger partial charge in [0.25, 0.3) is 0 Å². The summed E-state index contributed by atoms with van der Waals surface area (Å²) in [4.78, 5) is 11.4. The number of carbonyl (C=O) groups is 1. The van der Waals surface area contributed by atoms with Crippen LogP contribution in [0.5, 0.6) is 0 Å². The molecule has 19 heavy (non-hydrogen) atoms. The summed E-state index contributed by atoms with van der Waals surface area (Å²) in [5.41, 5.74) is 3.43. The number of hydrogen-bond donors (Lipinski definition) is 2. The van der Waals surface area contributed by atoms with E-state index in [9.17, 15) is 4.79 Å². The topological polar surface area (TPSA) is 49.3 Å².